The fraction of sp³-hybridized carbons (Fsp3) is 0.889. The minimum absolute atomic E-state index is 0.0243. The molecule has 1 heterocycles. The van der Waals surface area contributed by atoms with Crippen LogP contribution in [-0.2, 0) is 9.53 Å². The van der Waals surface area contributed by atoms with Crippen molar-refractivity contribution in [1.82, 2.24) is 4.90 Å². The Morgan fingerprint density at radius 3 is 2.85 bits per heavy atom. The normalized spacial score (nSPS) is 23.8. The molecule has 1 fully saturated rings. The van der Waals surface area contributed by atoms with Gasteiger partial charge in [-0.1, -0.05) is 0 Å². The zero-order chi connectivity index (χ0) is 9.84. The van der Waals surface area contributed by atoms with Crippen LogP contribution in [0, 0.1) is 0 Å². The lowest BCUT2D eigenvalue weighted by molar-refractivity contribution is -0.148. The van der Waals surface area contributed by atoms with Crippen LogP contribution in [0.1, 0.15) is 20.3 Å². The van der Waals surface area contributed by atoms with E-state index in [-0.39, 0.29) is 18.1 Å². The van der Waals surface area contributed by atoms with Crippen LogP contribution in [0.25, 0.3) is 0 Å². The molecule has 1 aliphatic rings. The third-order valence-electron chi connectivity index (χ3n) is 2.03. The van der Waals surface area contributed by atoms with Crippen LogP contribution in [0.5, 0.6) is 0 Å². The van der Waals surface area contributed by atoms with Gasteiger partial charge in [0.15, 0.2) is 0 Å². The molecule has 0 amide bonds. The van der Waals surface area contributed by atoms with Gasteiger partial charge in [-0.05, 0) is 20.3 Å². The van der Waals surface area contributed by atoms with Crippen molar-refractivity contribution in [1.29, 1.82) is 0 Å². The number of carbonyl (C=O) groups excluding carboxylic acids is 1. The Labute approximate surface area is 79.0 Å². The van der Waals surface area contributed by atoms with E-state index in [1.165, 1.54) is 0 Å². The molecule has 0 aromatic rings. The molecule has 0 unspecified atom stereocenters. The predicted molar refractivity (Wildman–Crippen MR) is 50.3 cm³/mol. The maximum atomic E-state index is 11.2. The molecule has 1 aliphatic heterocycles. The molecule has 0 aromatic carbocycles. The molecule has 2 N–H and O–H groups in total. The fourth-order valence-electron chi connectivity index (χ4n) is 1.49. The quantitative estimate of drug-likeness (QED) is 0.629. The molecule has 1 rings (SSSR count). The zero-order valence-electron chi connectivity index (χ0n) is 8.32. The smallest absolute Gasteiger partial charge is 0.320 e. The number of likely N-dealkylation sites (tertiary alicyclic amines) is 1. The first-order valence-electron chi connectivity index (χ1n) is 4.75. The fourth-order valence-corrected chi connectivity index (χ4v) is 1.49. The molecule has 1 atom stereocenters. The summed E-state index contributed by atoms with van der Waals surface area (Å²) in [6, 6.07) is 0.229. The highest BCUT2D eigenvalue weighted by Gasteiger charge is 2.21. The highest BCUT2D eigenvalue weighted by atomic mass is 16.5. The summed E-state index contributed by atoms with van der Waals surface area (Å²) in [5.41, 5.74) is 5.71. The Morgan fingerprint density at radius 1 is 1.69 bits per heavy atom. The lowest BCUT2D eigenvalue weighted by atomic mass is 10.3. The average Bonchev–Trinajstić information content (AvgIpc) is 2.33. The predicted octanol–water partition coefficient (Wildman–Crippen LogP) is -0.0290. The minimum Gasteiger partial charge on any atom is -0.462 e. The van der Waals surface area contributed by atoms with E-state index < -0.39 is 0 Å². The molecule has 13 heavy (non-hydrogen) atoms. The van der Waals surface area contributed by atoms with Crippen LogP contribution in [0.2, 0.25) is 0 Å². The Bertz CT molecular complexity index is 182. The van der Waals surface area contributed by atoms with Crippen LogP contribution in [0.15, 0.2) is 0 Å². The molecular weight excluding hydrogens is 168 g/mol. The van der Waals surface area contributed by atoms with Gasteiger partial charge in [0, 0.05) is 19.1 Å². The standard InChI is InChI=1S/C9H18N2O2/c1-7(2)13-9(12)6-11-4-3-8(10)5-11/h7-8H,3-6,10H2,1-2H3/t8-/m0/s1. The molecule has 0 radical (unpaired) electrons. The Hall–Kier alpha value is -0.610. The summed E-state index contributed by atoms with van der Waals surface area (Å²) in [5, 5.41) is 0. The number of hydrogen-bond acceptors (Lipinski definition) is 4. The third-order valence-corrected chi connectivity index (χ3v) is 2.03. The minimum atomic E-state index is -0.149. The Morgan fingerprint density at radius 2 is 2.38 bits per heavy atom. The molecule has 0 aliphatic carbocycles. The third kappa shape index (κ3) is 3.74. The summed E-state index contributed by atoms with van der Waals surface area (Å²) >= 11 is 0. The number of esters is 1. The highest BCUT2D eigenvalue weighted by Crippen LogP contribution is 2.06. The monoisotopic (exact) mass is 186 g/mol. The van der Waals surface area contributed by atoms with Gasteiger partial charge in [-0.2, -0.15) is 0 Å². The largest absolute Gasteiger partial charge is 0.462 e. The lowest BCUT2D eigenvalue weighted by Gasteiger charge is -2.15. The number of rotatable bonds is 3. The van der Waals surface area contributed by atoms with E-state index in [9.17, 15) is 4.79 Å². The van der Waals surface area contributed by atoms with Crippen molar-refractivity contribution in [2.24, 2.45) is 5.73 Å². The number of nitrogens with two attached hydrogens (primary N) is 1. The van der Waals surface area contributed by atoms with Gasteiger partial charge in [0.05, 0.1) is 12.6 Å². The van der Waals surface area contributed by atoms with Crippen molar-refractivity contribution >= 4 is 5.97 Å². The van der Waals surface area contributed by atoms with Crippen LogP contribution >= 0.6 is 0 Å². The van der Waals surface area contributed by atoms with E-state index in [0.29, 0.717) is 6.54 Å². The first kappa shape index (κ1) is 10.5. The summed E-state index contributed by atoms with van der Waals surface area (Å²) in [5.74, 6) is -0.149. The Balaban J connectivity index is 2.21. The lowest BCUT2D eigenvalue weighted by Crippen LogP contribution is -2.32. The summed E-state index contributed by atoms with van der Waals surface area (Å²) in [6.07, 6.45) is 0.957. The van der Waals surface area contributed by atoms with Gasteiger partial charge in [0.25, 0.3) is 0 Å². The summed E-state index contributed by atoms with van der Waals surface area (Å²) in [7, 11) is 0. The summed E-state index contributed by atoms with van der Waals surface area (Å²) < 4.78 is 5.03. The topological polar surface area (TPSA) is 55.6 Å². The van der Waals surface area contributed by atoms with Gasteiger partial charge in [-0.25, -0.2) is 0 Å². The van der Waals surface area contributed by atoms with E-state index >= 15 is 0 Å². The van der Waals surface area contributed by atoms with Gasteiger partial charge in [-0.3, -0.25) is 9.69 Å². The van der Waals surface area contributed by atoms with Gasteiger partial charge in [0.1, 0.15) is 0 Å². The van der Waals surface area contributed by atoms with Crippen LogP contribution < -0.4 is 5.73 Å². The summed E-state index contributed by atoms with van der Waals surface area (Å²) in [6.45, 7) is 5.81. The highest BCUT2D eigenvalue weighted by molar-refractivity contribution is 5.71. The second kappa shape index (κ2) is 4.58. The van der Waals surface area contributed by atoms with Crippen LogP contribution in [-0.4, -0.2) is 42.6 Å². The second-order valence-electron chi connectivity index (χ2n) is 3.82. The van der Waals surface area contributed by atoms with Crippen molar-refractivity contribution in [2.75, 3.05) is 19.6 Å². The van der Waals surface area contributed by atoms with E-state index in [1.807, 2.05) is 18.7 Å². The molecule has 76 valence electrons. The van der Waals surface area contributed by atoms with E-state index in [1.54, 1.807) is 0 Å². The number of carbonyl (C=O) groups is 1. The second-order valence-corrected chi connectivity index (χ2v) is 3.82. The number of nitrogens with zero attached hydrogens (tertiary/aromatic N) is 1. The van der Waals surface area contributed by atoms with Crippen molar-refractivity contribution in [3.63, 3.8) is 0 Å². The molecule has 4 heteroatoms. The van der Waals surface area contributed by atoms with E-state index in [0.717, 1.165) is 19.5 Å². The summed E-state index contributed by atoms with van der Waals surface area (Å²) in [4.78, 5) is 13.2. The van der Waals surface area contributed by atoms with Crippen molar-refractivity contribution in [3.8, 4) is 0 Å². The molecule has 0 saturated carbocycles. The van der Waals surface area contributed by atoms with Crippen molar-refractivity contribution < 1.29 is 9.53 Å². The first-order valence-corrected chi connectivity index (χ1v) is 4.75. The van der Waals surface area contributed by atoms with Gasteiger partial charge in [-0.15, -0.1) is 0 Å². The van der Waals surface area contributed by atoms with Crippen molar-refractivity contribution in [2.45, 2.75) is 32.4 Å². The van der Waals surface area contributed by atoms with Crippen LogP contribution in [0.3, 0.4) is 0 Å². The molecule has 0 spiro atoms. The maximum absolute atomic E-state index is 11.2. The zero-order valence-corrected chi connectivity index (χ0v) is 8.32. The Kier molecular flexibility index (Phi) is 3.69. The van der Waals surface area contributed by atoms with E-state index in [2.05, 4.69) is 0 Å². The number of hydrogen-bond donors (Lipinski definition) is 1. The van der Waals surface area contributed by atoms with Gasteiger partial charge in [0.2, 0.25) is 0 Å². The average molecular weight is 186 g/mol. The molecule has 0 aromatic heterocycles. The molecule has 4 nitrogen and oxygen atoms in total. The van der Waals surface area contributed by atoms with Crippen LogP contribution in [0.4, 0.5) is 0 Å². The first-order chi connectivity index (χ1) is 6.08. The van der Waals surface area contributed by atoms with Gasteiger partial charge >= 0.3 is 5.97 Å². The number of ether oxygens (including phenoxy) is 1. The SMILES string of the molecule is CC(C)OC(=O)CN1CC[C@H](N)C1. The maximum Gasteiger partial charge on any atom is 0.320 e. The van der Waals surface area contributed by atoms with Crippen molar-refractivity contribution in [3.05, 3.63) is 0 Å². The molecule has 0 bridgehead atoms. The molecular formula is C9H18N2O2. The van der Waals surface area contributed by atoms with Gasteiger partial charge < -0.3 is 10.5 Å². The molecule has 1 saturated heterocycles. The van der Waals surface area contributed by atoms with E-state index in [4.69, 9.17) is 10.5 Å².